The first-order valence-electron chi connectivity index (χ1n) is 6.03. The Labute approximate surface area is 113 Å². The number of anilines is 1. The lowest BCUT2D eigenvalue weighted by atomic mass is 10.1. The molecule has 0 bridgehead atoms. The Morgan fingerprint density at radius 2 is 2.30 bits per heavy atom. The largest absolute Gasteiger partial charge is 0.478 e. The van der Waals surface area contributed by atoms with Gasteiger partial charge >= 0.3 is 5.97 Å². The van der Waals surface area contributed by atoms with Gasteiger partial charge in [-0.2, -0.15) is 0 Å². The maximum atomic E-state index is 11.1. The number of nitro groups is 1. The van der Waals surface area contributed by atoms with Gasteiger partial charge in [-0.3, -0.25) is 14.9 Å². The number of carboxylic acid groups (broad SMARTS) is 1. The maximum absolute atomic E-state index is 11.1. The predicted octanol–water partition coefficient (Wildman–Crippen LogP) is 0.983. The van der Waals surface area contributed by atoms with Gasteiger partial charge in [-0.05, 0) is 12.5 Å². The van der Waals surface area contributed by atoms with Gasteiger partial charge in [-0.25, -0.2) is 4.79 Å². The van der Waals surface area contributed by atoms with Crippen LogP contribution < -0.4 is 10.6 Å². The number of rotatable bonds is 5. The van der Waals surface area contributed by atoms with Gasteiger partial charge in [-0.1, -0.05) is 6.07 Å². The Morgan fingerprint density at radius 3 is 2.85 bits per heavy atom. The number of benzene rings is 1. The topological polar surface area (TPSA) is 122 Å². The Kier molecular flexibility index (Phi) is 3.83. The first kappa shape index (κ1) is 13.8. The second-order valence-electron chi connectivity index (χ2n) is 4.45. The molecule has 1 amide bonds. The monoisotopic (exact) mass is 279 g/mol. The number of nitro benzene ring substituents is 1. The molecule has 1 aliphatic rings. The summed E-state index contributed by atoms with van der Waals surface area (Å²) in [5, 5.41) is 25.5. The van der Waals surface area contributed by atoms with Crippen LogP contribution in [0, 0.1) is 10.1 Å². The first-order chi connectivity index (χ1) is 9.49. The summed E-state index contributed by atoms with van der Waals surface area (Å²) >= 11 is 0. The number of nitrogens with one attached hydrogen (secondary N) is 2. The molecule has 2 rings (SSSR count). The number of carbonyl (C=O) groups excluding carboxylic acids is 1. The van der Waals surface area contributed by atoms with Crippen molar-refractivity contribution in [1.29, 1.82) is 0 Å². The molecule has 0 radical (unpaired) electrons. The van der Waals surface area contributed by atoms with Gasteiger partial charge in [-0.15, -0.1) is 0 Å². The minimum absolute atomic E-state index is 0.0360. The number of para-hydroxylation sites is 1. The zero-order chi connectivity index (χ0) is 14.7. The summed E-state index contributed by atoms with van der Waals surface area (Å²) < 4.78 is 0. The average molecular weight is 279 g/mol. The van der Waals surface area contributed by atoms with Crippen molar-refractivity contribution in [3.05, 3.63) is 33.9 Å². The van der Waals surface area contributed by atoms with Crippen molar-refractivity contribution in [2.45, 2.75) is 18.9 Å². The summed E-state index contributed by atoms with van der Waals surface area (Å²) in [5.41, 5.74) is -0.496. The summed E-state index contributed by atoms with van der Waals surface area (Å²) in [5.74, 6) is -1.32. The van der Waals surface area contributed by atoms with E-state index < -0.39 is 10.9 Å². The fraction of sp³-hybridized carbons (Fsp3) is 0.333. The van der Waals surface area contributed by atoms with Crippen LogP contribution in [0.25, 0.3) is 0 Å². The van der Waals surface area contributed by atoms with Crippen LogP contribution in [0.5, 0.6) is 0 Å². The highest BCUT2D eigenvalue weighted by molar-refractivity contribution is 5.96. The fourth-order valence-corrected chi connectivity index (χ4v) is 2.11. The molecule has 0 aromatic heterocycles. The Balaban J connectivity index is 2.22. The normalized spacial score (nSPS) is 17.6. The molecule has 0 aliphatic carbocycles. The Bertz CT molecular complexity index is 540. The highest BCUT2D eigenvalue weighted by Crippen LogP contribution is 2.28. The molecular formula is C12H13N3O5. The molecule has 1 atom stereocenters. The summed E-state index contributed by atoms with van der Waals surface area (Å²) in [4.78, 5) is 32.5. The standard InChI is InChI=1S/C12H13N3O5/c16-10-5-4-7(14-10)6-13-11-8(12(17)18)2-1-3-9(11)15(19)20/h1-3,7,13H,4-6H2,(H,14,16)(H,17,18). The van der Waals surface area contributed by atoms with Crippen LogP contribution in [0.1, 0.15) is 23.2 Å². The molecule has 106 valence electrons. The molecule has 1 fully saturated rings. The van der Waals surface area contributed by atoms with Crippen molar-refractivity contribution in [3.8, 4) is 0 Å². The van der Waals surface area contributed by atoms with Crippen molar-refractivity contribution in [2.75, 3.05) is 11.9 Å². The second-order valence-corrected chi connectivity index (χ2v) is 4.45. The highest BCUT2D eigenvalue weighted by atomic mass is 16.6. The van der Waals surface area contributed by atoms with E-state index in [9.17, 15) is 19.7 Å². The van der Waals surface area contributed by atoms with Gasteiger partial charge < -0.3 is 15.7 Å². The molecule has 20 heavy (non-hydrogen) atoms. The van der Waals surface area contributed by atoms with Crippen LogP contribution in [0.3, 0.4) is 0 Å². The lowest BCUT2D eigenvalue weighted by Crippen LogP contribution is -2.32. The van der Waals surface area contributed by atoms with Gasteiger partial charge in [0, 0.05) is 25.1 Å². The van der Waals surface area contributed by atoms with Gasteiger partial charge in [0.15, 0.2) is 0 Å². The number of hydrogen-bond donors (Lipinski definition) is 3. The van der Waals surface area contributed by atoms with Crippen LogP contribution >= 0.6 is 0 Å². The van der Waals surface area contributed by atoms with Gasteiger partial charge in [0.05, 0.1) is 10.5 Å². The Morgan fingerprint density at radius 1 is 1.55 bits per heavy atom. The molecule has 8 heteroatoms. The summed E-state index contributed by atoms with van der Waals surface area (Å²) in [7, 11) is 0. The van der Waals surface area contributed by atoms with Crippen molar-refractivity contribution >= 4 is 23.3 Å². The molecule has 1 aromatic rings. The van der Waals surface area contributed by atoms with E-state index in [0.717, 1.165) is 0 Å². The minimum Gasteiger partial charge on any atom is -0.478 e. The minimum atomic E-state index is -1.24. The zero-order valence-electron chi connectivity index (χ0n) is 10.5. The number of hydrogen-bond acceptors (Lipinski definition) is 5. The van der Waals surface area contributed by atoms with E-state index in [-0.39, 0.29) is 35.4 Å². The van der Waals surface area contributed by atoms with E-state index in [0.29, 0.717) is 12.8 Å². The van der Waals surface area contributed by atoms with Crippen molar-refractivity contribution in [1.82, 2.24) is 5.32 Å². The molecule has 1 heterocycles. The fourth-order valence-electron chi connectivity index (χ4n) is 2.11. The number of carbonyl (C=O) groups is 2. The SMILES string of the molecule is O=C1CCC(CNc2c(C(=O)O)cccc2[N+](=O)[O-])N1. The van der Waals surface area contributed by atoms with E-state index in [1.165, 1.54) is 18.2 Å². The van der Waals surface area contributed by atoms with E-state index >= 15 is 0 Å². The van der Waals surface area contributed by atoms with Crippen molar-refractivity contribution in [3.63, 3.8) is 0 Å². The number of aromatic carboxylic acids is 1. The zero-order valence-corrected chi connectivity index (χ0v) is 10.5. The van der Waals surface area contributed by atoms with Crippen LogP contribution in [0.4, 0.5) is 11.4 Å². The molecule has 1 aliphatic heterocycles. The van der Waals surface area contributed by atoms with Crippen LogP contribution in [0.15, 0.2) is 18.2 Å². The van der Waals surface area contributed by atoms with E-state index in [1.54, 1.807) is 0 Å². The second kappa shape index (κ2) is 5.55. The molecule has 0 saturated carbocycles. The maximum Gasteiger partial charge on any atom is 0.338 e. The van der Waals surface area contributed by atoms with Crippen LogP contribution in [-0.4, -0.2) is 34.5 Å². The molecule has 0 spiro atoms. The number of carboxylic acids is 1. The quantitative estimate of drug-likeness (QED) is 0.545. The molecule has 1 unspecified atom stereocenters. The van der Waals surface area contributed by atoms with Crippen LogP contribution in [-0.2, 0) is 4.79 Å². The lowest BCUT2D eigenvalue weighted by Gasteiger charge is -2.14. The van der Waals surface area contributed by atoms with E-state index in [1.807, 2.05) is 0 Å². The van der Waals surface area contributed by atoms with Crippen molar-refractivity contribution in [2.24, 2.45) is 0 Å². The number of amides is 1. The van der Waals surface area contributed by atoms with E-state index in [4.69, 9.17) is 5.11 Å². The first-order valence-corrected chi connectivity index (χ1v) is 6.03. The average Bonchev–Trinajstić information content (AvgIpc) is 2.81. The lowest BCUT2D eigenvalue weighted by molar-refractivity contribution is -0.384. The highest BCUT2D eigenvalue weighted by Gasteiger charge is 2.24. The third-order valence-electron chi connectivity index (χ3n) is 3.08. The third-order valence-corrected chi connectivity index (χ3v) is 3.08. The third kappa shape index (κ3) is 2.85. The molecule has 1 aromatic carbocycles. The molecule has 3 N–H and O–H groups in total. The smallest absolute Gasteiger partial charge is 0.338 e. The summed E-state index contributed by atoms with van der Waals surface area (Å²) in [6.07, 6.45) is 1.03. The van der Waals surface area contributed by atoms with Gasteiger partial charge in [0.1, 0.15) is 5.69 Å². The predicted molar refractivity (Wildman–Crippen MR) is 69.7 cm³/mol. The Hall–Kier alpha value is -2.64. The molecule has 8 nitrogen and oxygen atoms in total. The van der Waals surface area contributed by atoms with E-state index in [2.05, 4.69) is 10.6 Å². The van der Waals surface area contributed by atoms with Crippen molar-refractivity contribution < 1.29 is 19.6 Å². The molecular weight excluding hydrogens is 266 g/mol. The van der Waals surface area contributed by atoms with Crippen LogP contribution in [0.2, 0.25) is 0 Å². The van der Waals surface area contributed by atoms with Gasteiger partial charge in [0.25, 0.3) is 5.69 Å². The summed E-state index contributed by atoms with van der Waals surface area (Å²) in [6.45, 7) is 0.247. The molecule has 1 saturated heterocycles. The summed E-state index contributed by atoms with van der Waals surface area (Å²) in [6, 6.07) is 3.71. The number of nitrogens with zero attached hydrogens (tertiary/aromatic N) is 1. The van der Waals surface area contributed by atoms with Gasteiger partial charge in [0.2, 0.25) is 5.91 Å².